The molecule has 3 nitrogen and oxygen atoms in total. The number of morpholine rings is 1. The maximum Gasteiger partial charge on any atom is 0.0702 e. The number of anilines is 1. The largest absolute Gasteiger partial charge is 0.392 e. The molecule has 0 spiro atoms. The molecule has 94 valence electrons. The monoisotopic (exact) mass is 299 g/mol. The van der Waals surface area contributed by atoms with Crippen molar-refractivity contribution >= 4 is 21.6 Å². The Morgan fingerprint density at radius 3 is 2.88 bits per heavy atom. The fraction of sp³-hybridized carbons (Fsp3) is 0.538. The van der Waals surface area contributed by atoms with Gasteiger partial charge < -0.3 is 14.7 Å². The summed E-state index contributed by atoms with van der Waals surface area (Å²) in [5.74, 6) is 0. The summed E-state index contributed by atoms with van der Waals surface area (Å²) in [7, 11) is 0. The number of halogens is 1. The van der Waals surface area contributed by atoms with Crippen molar-refractivity contribution in [3.8, 4) is 0 Å². The predicted molar refractivity (Wildman–Crippen MR) is 72.3 cm³/mol. The molecule has 2 rings (SSSR count). The summed E-state index contributed by atoms with van der Waals surface area (Å²) in [6.45, 7) is 6.70. The van der Waals surface area contributed by atoms with Crippen molar-refractivity contribution in [3.05, 3.63) is 28.2 Å². The maximum atomic E-state index is 9.46. The highest BCUT2D eigenvalue weighted by atomic mass is 79.9. The lowest BCUT2D eigenvalue weighted by atomic mass is 10.00. The van der Waals surface area contributed by atoms with Crippen LogP contribution in [-0.4, -0.2) is 30.4 Å². The second-order valence-corrected chi connectivity index (χ2v) is 5.86. The van der Waals surface area contributed by atoms with Crippen molar-refractivity contribution in [1.82, 2.24) is 0 Å². The van der Waals surface area contributed by atoms with Crippen molar-refractivity contribution in [2.45, 2.75) is 26.0 Å². The standard InChI is InChI=1S/C13H18BrNO2/c1-13(2)9-17-6-5-15(13)12-4-3-11(14)7-10(12)8-16/h3-4,7,16H,5-6,8-9H2,1-2H3. The number of hydrogen-bond donors (Lipinski definition) is 1. The van der Waals surface area contributed by atoms with E-state index < -0.39 is 0 Å². The topological polar surface area (TPSA) is 32.7 Å². The SMILES string of the molecule is CC1(C)COCCN1c1ccc(Br)cc1CO. The van der Waals surface area contributed by atoms with Gasteiger partial charge in [-0.3, -0.25) is 0 Å². The van der Waals surface area contributed by atoms with Crippen molar-refractivity contribution in [1.29, 1.82) is 0 Å². The van der Waals surface area contributed by atoms with Crippen molar-refractivity contribution in [2.75, 3.05) is 24.7 Å². The van der Waals surface area contributed by atoms with Gasteiger partial charge in [-0.1, -0.05) is 15.9 Å². The lowest BCUT2D eigenvalue weighted by Crippen LogP contribution is -2.53. The first-order valence-corrected chi connectivity index (χ1v) is 6.58. The molecule has 1 aliphatic heterocycles. The number of ether oxygens (including phenoxy) is 1. The van der Waals surface area contributed by atoms with E-state index >= 15 is 0 Å². The van der Waals surface area contributed by atoms with E-state index in [-0.39, 0.29) is 12.1 Å². The van der Waals surface area contributed by atoms with Gasteiger partial charge in [0.1, 0.15) is 0 Å². The molecule has 17 heavy (non-hydrogen) atoms. The molecular formula is C13H18BrNO2. The number of aliphatic hydroxyl groups excluding tert-OH is 1. The molecule has 1 fully saturated rings. The Balaban J connectivity index is 2.38. The zero-order valence-corrected chi connectivity index (χ0v) is 11.8. The Morgan fingerprint density at radius 2 is 2.24 bits per heavy atom. The first kappa shape index (κ1) is 12.9. The van der Waals surface area contributed by atoms with Crippen LogP contribution in [0, 0.1) is 0 Å². The average molecular weight is 300 g/mol. The van der Waals surface area contributed by atoms with Gasteiger partial charge in [0.05, 0.1) is 25.4 Å². The molecule has 1 saturated heterocycles. The molecule has 1 aromatic rings. The van der Waals surface area contributed by atoms with Crippen LogP contribution < -0.4 is 4.90 Å². The van der Waals surface area contributed by atoms with Crippen molar-refractivity contribution < 1.29 is 9.84 Å². The molecule has 4 heteroatoms. The van der Waals surface area contributed by atoms with Crippen LogP contribution in [0.1, 0.15) is 19.4 Å². The molecule has 0 bridgehead atoms. The molecule has 0 atom stereocenters. The third-order valence-electron chi connectivity index (χ3n) is 3.15. The molecule has 0 aromatic heterocycles. The average Bonchev–Trinajstić information content (AvgIpc) is 2.29. The van der Waals surface area contributed by atoms with Crippen molar-refractivity contribution in [2.24, 2.45) is 0 Å². The third-order valence-corrected chi connectivity index (χ3v) is 3.64. The maximum absolute atomic E-state index is 9.46. The van der Waals surface area contributed by atoms with Gasteiger partial charge in [-0.25, -0.2) is 0 Å². The van der Waals surface area contributed by atoms with Gasteiger partial charge in [0.25, 0.3) is 0 Å². The first-order chi connectivity index (χ1) is 8.04. The molecule has 1 heterocycles. The lowest BCUT2D eigenvalue weighted by Gasteiger charge is -2.44. The molecule has 0 aliphatic carbocycles. The molecule has 1 N–H and O–H groups in total. The highest BCUT2D eigenvalue weighted by molar-refractivity contribution is 9.10. The zero-order valence-electron chi connectivity index (χ0n) is 10.2. The van der Waals surface area contributed by atoms with Gasteiger partial charge in [0.15, 0.2) is 0 Å². The zero-order chi connectivity index (χ0) is 12.5. The van der Waals surface area contributed by atoms with E-state index in [4.69, 9.17) is 4.74 Å². The Morgan fingerprint density at radius 1 is 1.47 bits per heavy atom. The number of aliphatic hydroxyl groups is 1. The van der Waals surface area contributed by atoms with Gasteiger partial charge in [0, 0.05) is 22.3 Å². The Labute approximate surface area is 111 Å². The summed E-state index contributed by atoms with van der Waals surface area (Å²) < 4.78 is 6.52. The van der Waals surface area contributed by atoms with Crippen LogP contribution in [-0.2, 0) is 11.3 Å². The third kappa shape index (κ3) is 2.64. The number of rotatable bonds is 2. The minimum atomic E-state index is -0.0317. The molecule has 0 unspecified atom stereocenters. The smallest absolute Gasteiger partial charge is 0.0702 e. The second-order valence-electron chi connectivity index (χ2n) is 4.95. The van der Waals surface area contributed by atoms with Crippen LogP contribution >= 0.6 is 15.9 Å². The Hall–Kier alpha value is -0.580. The lowest BCUT2D eigenvalue weighted by molar-refractivity contribution is 0.0641. The molecule has 0 saturated carbocycles. The Bertz CT molecular complexity index is 406. The summed E-state index contributed by atoms with van der Waals surface area (Å²) in [6, 6.07) is 6.05. The van der Waals surface area contributed by atoms with E-state index in [0.29, 0.717) is 6.61 Å². The summed E-state index contributed by atoms with van der Waals surface area (Å²) in [5, 5.41) is 9.46. The number of hydrogen-bond acceptors (Lipinski definition) is 3. The van der Waals surface area contributed by atoms with E-state index in [1.165, 1.54) is 0 Å². The second kappa shape index (κ2) is 4.96. The van der Waals surface area contributed by atoms with Crippen LogP contribution in [0.5, 0.6) is 0 Å². The highest BCUT2D eigenvalue weighted by Gasteiger charge is 2.31. The van der Waals surface area contributed by atoms with Gasteiger partial charge in [0.2, 0.25) is 0 Å². The van der Waals surface area contributed by atoms with Gasteiger partial charge in [-0.15, -0.1) is 0 Å². The summed E-state index contributed by atoms with van der Waals surface area (Å²) in [5.41, 5.74) is 2.02. The van der Waals surface area contributed by atoms with E-state index in [1.54, 1.807) is 0 Å². The summed E-state index contributed by atoms with van der Waals surface area (Å²) in [6.07, 6.45) is 0. The highest BCUT2D eigenvalue weighted by Crippen LogP contribution is 2.31. The van der Waals surface area contributed by atoms with Crippen LogP contribution in [0.25, 0.3) is 0 Å². The van der Waals surface area contributed by atoms with Crippen molar-refractivity contribution in [3.63, 3.8) is 0 Å². The fourth-order valence-electron chi connectivity index (χ4n) is 2.25. The van der Waals surface area contributed by atoms with Crippen LogP contribution in [0.2, 0.25) is 0 Å². The predicted octanol–water partition coefficient (Wildman–Crippen LogP) is 2.56. The summed E-state index contributed by atoms with van der Waals surface area (Å²) in [4.78, 5) is 2.31. The van der Waals surface area contributed by atoms with E-state index in [9.17, 15) is 5.11 Å². The fourth-order valence-corrected chi connectivity index (χ4v) is 2.66. The van der Waals surface area contributed by atoms with Crippen LogP contribution in [0.15, 0.2) is 22.7 Å². The van der Waals surface area contributed by atoms with Gasteiger partial charge in [-0.2, -0.15) is 0 Å². The number of benzene rings is 1. The van der Waals surface area contributed by atoms with E-state index in [2.05, 4.69) is 40.7 Å². The molecule has 0 amide bonds. The van der Waals surface area contributed by atoms with E-state index in [0.717, 1.165) is 28.9 Å². The normalized spacial score (nSPS) is 19.4. The Kier molecular flexibility index (Phi) is 3.76. The molecule has 0 radical (unpaired) electrons. The first-order valence-electron chi connectivity index (χ1n) is 5.79. The molecular weight excluding hydrogens is 282 g/mol. The van der Waals surface area contributed by atoms with Gasteiger partial charge in [-0.05, 0) is 32.0 Å². The number of nitrogens with zero attached hydrogens (tertiary/aromatic N) is 1. The van der Waals surface area contributed by atoms with E-state index in [1.807, 2.05) is 12.1 Å². The summed E-state index contributed by atoms with van der Waals surface area (Å²) >= 11 is 3.44. The van der Waals surface area contributed by atoms with Crippen LogP contribution in [0.4, 0.5) is 5.69 Å². The molecule has 1 aliphatic rings. The molecule has 1 aromatic carbocycles. The minimum Gasteiger partial charge on any atom is -0.392 e. The minimum absolute atomic E-state index is 0.0317. The van der Waals surface area contributed by atoms with Crippen LogP contribution in [0.3, 0.4) is 0 Å². The quantitative estimate of drug-likeness (QED) is 0.911. The van der Waals surface area contributed by atoms with Gasteiger partial charge >= 0.3 is 0 Å².